The molecule has 102 valence electrons. The van der Waals surface area contributed by atoms with Crippen LogP contribution in [0.1, 0.15) is 23.7 Å². The zero-order valence-electron chi connectivity index (χ0n) is 11.1. The van der Waals surface area contributed by atoms with E-state index >= 15 is 0 Å². The normalized spacial score (nSPS) is 10.2. The molecule has 0 aromatic heterocycles. The molecule has 0 amide bonds. The molecule has 0 aliphatic heterocycles. The van der Waals surface area contributed by atoms with E-state index in [0.29, 0.717) is 5.56 Å². The van der Waals surface area contributed by atoms with Crippen molar-refractivity contribution in [3.63, 3.8) is 0 Å². The van der Waals surface area contributed by atoms with Gasteiger partial charge < -0.3 is 4.74 Å². The van der Waals surface area contributed by atoms with Crippen molar-refractivity contribution in [2.24, 2.45) is 0 Å². The number of hydrogen-bond donors (Lipinski definition) is 0. The van der Waals surface area contributed by atoms with Crippen molar-refractivity contribution in [2.45, 2.75) is 13.3 Å². The van der Waals surface area contributed by atoms with Gasteiger partial charge in [-0.25, -0.2) is 4.79 Å². The Hall–Kier alpha value is -2.49. The highest BCUT2D eigenvalue weighted by Crippen LogP contribution is 2.16. The third kappa shape index (κ3) is 3.09. The smallest absolute Gasteiger partial charge is 0.375 e. The van der Waals surface area contributed by atoms with Crippen LogP contribution in [0.25, 0.3) is 10.8 Å². The van der Waals surface area contributed by atoms with Gasteiger partial charge in [0.2, 0.25) is 5.78 Å². The molecular formula is C16H14O4. The number of Topliss-reactive ketones (excluding diaryl/α,β-unsaturated/α-hetero) is 2. The standard InChI is InChI=1S/C16H14O4/c1-2-20-16(19)15(18)10-14(17)13-8-7-11-5-3-4-6-12(11)9-13/h3-9H,2,10H2,1H3. The summed E-state index contributed by atoms with van der Waals surface area (Å²) in [4.78, 5) is 34.7. The molecule has 0 unspecified atom stereocenters. The van der Waals surface area contributed by atoms with Crippen LogP contribution in [0.15, 0.2) is 42.5 Å². The molecule has 0 bridgehead atoms. The highest BCUT2D eigenvalue weighted by atomic mass is 16.5. The van der Waals surface area contributed by atoms with Crippen LogP contribution in [0.4, 0.5) is 0 Å². The molecular weight excluding hydrogens is 256 g/mol. The number of rotatable bonds is 5. The maximum Gasteiger partial charge on any atom is 0.375 e. The fourth-order valence-corrected chi connectivity index (χ4v) is 1.89. The minimum absolute atomic E-state index is 0.120. The van der Waals surface area contributed by atoms with Gasteiger partial charge in [-0.3, -0.25) is 9.59 Å². The summed E-state index contributed by atoms with van der Waals surface area (Å²) in [6.07, 6.45) is -0.461. The predicted molar refractivity (Wildman–Crippen MR) is 74.5 cm³/mol. The van der Waals surface area contributed by atoms with Crippen molar-refractivity contribution in [3.05, 3.63) is 48.0 Å². The van der Waals surface area contributed by atoms with E-state index in [9.17, 15) is 14.4 Å². The van der Waals surface area contributed by atoms with Crippen molar-refractivity contribution in [3.8, 4) is 0 Å². The van der Waals surface area contributed by atoms with Gasteiger partial charge in [-0.15, -0.1) is 0 Å². The average molecular weight is 270 g/mol. The van der Waals surface area contributed by atoms with E-state index in [-0.39, 0.29) is 12.4 Å². The third-order valence-corrected chi connectivity index (χ3v) is 2.90. The maximum atomic E-state index is 12.0. The van der Waals surface area contributed by atoms with Crippen molar-refractivity contribution in [2.75, 3.05) is 6.61 Å². The number of benzene rings is 2. The topological polar surface area (TPSA) is 60.4 Å². The maximum absolute atomic E-state index is 12.0. The number of hydrogen-bond acceptors (Lipinski definition) is 4. The second-order valence-corrected chi connectivity index (χ2v) is 4.31. The lowest BCUT2D eigenvalue weighted by Gasteiger charge is -2.03. The summed E-state index contributed by atoms with van der Waals surface area (Å²) in [5, 5.41) is 1.93. The molecule has 0 aliphatic carbocycles. The largest absolute Gasteiger partial charge is 0.460 e. The molecule has 2 aromatic carbocycles. The molecule has 2 rings (SSSR count). The van der Waals surface area contributed by atoms with Gasteiger partial charge in [0.1, 0.15) is 0 Å². The molecule has 0 saturated carbocycles. The summed E-state index contributed by atoms with van der Waals surface area (Å²) in [5.41, 5.74) is 0.418. The molecule has 4 heteroatoms. The second-order valence-electron chi connectivity index (χ2n) is 4.31. The highest BCUT2D eigenvalue weighted by molar-refractivity contribution is 6.38. The molecule has 0 N–H and O–H groups in total. The summed E-state index contributed by atoms with van der Waals surface area (Å²) in [5.74, 6) is -2.15. The van der Waals surface area contributed by atoms with E-state index < -0.39 is 18.2 Å². The van der Waals surface area contributed by atoms with Crippen LogP contribution in [-0.4, -0.2) is 24.1 Å². The van der Waals surface area contributed by atoms with Crippen LogP contribution in [0.2, 0.25) is 0 Å². The Balaban J connectivity index is 2.15. The first-order valence-corrected chi connectivity index (χ1v) is 6.33. The van der Waals surface area contributed by atoms with Gasteiger partial charge in [0.05, 0.1) is 13.0 Å². The Morgan fingerprint density at radius 3 is 2.40 bits per heavy atom. The molecule has 20 heavy (non-hydrogen) atoms. The first kappa shape index (κ1) is 13.9. The van der Waals surface area contributed by atoms with Crippen molar-refractivity contribution >= 4 is 28.3 Å². The lowest BCUT2D eigenvalue weighted by atomic mass is 10.0. The first-order chi connectivity index (χ1) is 9.61. The SMILES string of the molecule is CCOC(=O)C(=O)CC(=O)c1ccc2ccccc2c1. The molecule has 0 radical (unpaired) electrons. The highest BCUT2D eigenvalue weighted by Gasteiger charge is 2.19. The van der Waals surface area contributed by atoms with E-state index in [4.69, 9.17) is 0 Å². The Morgan fingerprint density at radius 2 is 1.70 bits per heavy atom. The van der Waals surface area contributed by atoms with Crippen molar-refractivity contribution in [1.29, 1.82) is 0 Å². The average Bonchev–Trinajstić information content (AvgIpc) is 2.46. The van der Waals surface area contributed by atoms with E-state index in [1.54, 1.807) is 19.1 Å². The molecule has 0 aliphatic rings. The molecule has 0 fully saturated rings. The monoisotopic (exact) mass is 270 g/mol. The van der Waals surface area contributed by atoms with E-state index in [0.717, 1.165) is 10.8 Å². The van der Waals surface area contributed by atoms with E-state index in [1.165, 1.54) is 0 Å². The zero-order chi connectivity index (χ0) is 14.5. The van der Waals surface area contributed by atoms with Gasteiger partial charge in [0.15, 0.2) is 5.78 Å². The van der Waals surface area contributed by atoms with Crippen molar-refractivity contribution < 1.29 is 19.1 Å². The molecule has 2 aromatic rings. The molecule has 0 saturated heterocycles. The Morgan fingerprint density at radius 1 is 1.00 bits per heavy atom. The molecule has 0 heterocycles. The van der Waals surface area contributed by atoms with Crippen LogP contribution in [0.3, 0.4) is 0 Å². The number of carbonyl (C=O) groups excluding carboxylic acids is 3. The Labute approximate surface area is 116 Å². The molecule has 0 atom stereocenters. The minimum atomic E-state index is -0.957. The fraction of sp³-hybridized carbons (Fsp3) is 0.188. The number of ketones is 2. The summed E-state index contributed by atoms with van der Waals surface area (Å²) in [6, 6.07) is 12.8. The number of esters is 1. The van der Waals surface area contributed by atoms with Gasteiger partial charge in [-0.1, -0.05) is 36.4 Å². The molecule has 0 spiro atoms. The predicted octanol–water partition coefficient (Wildman–Crippen LogP) is 2.54. The summed E-state index contributed by atoms with van der Waals surface area (Å²) in [6.45, 7) is 1.73. The van der Waals surface area contributed by atoms with Crippen LogP contribution >= 0.6 is 0 Å². The van der Waals surface area contributed by atoms with Gasteiger partial charge >= 0.3 is 5.97 Å². The molecule has 4 nitrogen and oxygen atoms in total. The quantitative estimate of drug-likeness (QED) is 0.362. The lowest BCUT2D eigenvalue weighted by Crippen LogP contribution is -2.20. The Bertz CT molecular complexity index is 673. The van der Waals surface area contributed by atoms with Gasteiger partial charge in [0.25, 0.3) is 0 Å². The van der Waals surface area contributed by atoms with Crippen LogP contribution in [0.5, 0.6) is 0 Å². The number of fused-ring (bicyclic) bond motifs is 1. The van der Waals surface area contributed by atoms with Gasteiger partial charge in [-0.2, -0.15) is 0 Å². The first-order valence-electron chi connectivity index (χ1n) is 6.33. The van der Waals surface area contributed by atoms with Crippen molar-refractivity contribution in [1.82, 2.24) is 0 Å². The zero-order valence-corrected chi connectivity index (χ0v) is 11.1. The second kappa shape index (κ2) is 6.10. The summed E-state index contributed by atoms with van der Waals surface area (Å²) < 4.78 is 4.57. The Kier molecular flexibility index (Phi) is 4.25. The van der Waals surface area contributed by atoms with Gasteiger partial charge in [0, 0.05) is 5.56 Å². The third-order valence-electron chi connectivity index (χ3n) is 2.90. The van der Waals surface area contributed by atoms with Crippen LogP contribution < -0.4 is 0 Å². The van der Waals surface area contributed by atoms with Gasteiger partial charge in [-0.05, 0) is 23.8 Å². The number of ether oxygens (including phenoxy) is 1. The van der Waals surface area contributed by atoms with E-state index in [2.05, 4.69) is 4.74 Å². The van der Waals surface area contributed by atoms with Crippen LogP contribution in [0, 0.1) is 0 Å². The van der Waals surface area contributed by atoms with Crippen LogP contribution in [-0.2, 0) is 14.3 Å². The number of carbonyl (C=O) groups is 3. The summed E-state index contributed by atoms with van der Waals surface area (Å²) >= 11 is 0. The summed E-state index contributed by atoms with van der Waals surface area (Å²) in [7, 11) is 0. The van der Waals surface area contributed by atoms with E-state index in [1.807, 2.05) is 30.3 Å². The lowest BCUT2D eigenvalue weighted by molar-refractivity contribution is -0.153. The fourth-order valence-electron chi connectivity index (χ4n) is 1.89. The minimum Gasteiger partial charge on any atom is -0.460 e.